The zero-order valence-electron chi connectivity index (χ0n) is 7.68. The minimum atomic E-state index is 0.579. The molecule has 2 nitrogen and oxygen atoms in total. The van der Waals surface area contributed by atoms with Gasteiger partial charge in [-0.05, 0) is 38.6 Å². The van der Waals surface area contributed by atoms with Crippen LogP contribution in [-0.4, -0.2) is 11.5 Å². The first-order valence-corrected chi connectivity index (χ1v) is 5.97. The number of nitrogens with zero attached hydrogens (tertiary/aromatic N) is 1. The fourth-order valence-electron chi connectivity index (χ4n) is 2.25. The van der Waals surface area contributed by atoms with E-state index >= 15 is 0 Å². The molecule has 13 heavy (non-hydrogen) atoms. The van der Waals surface area contributed by atoms with Gasteiger partial charge in [0.2, 0.25) is 0 Å². The molecule has 0 saturated carbocycles. The van der Waals surface area contributed by atoms with Crippen molar-refractivity contribution in [2.45, 2.75) is 38.1 Å². The van der Waals surface area contributed by atoms with Crippen LogP contribution in [0.2, 0.25) is 0 Å². The predicted octanol–water partition coefficient (Wildman–Crippen LogP) is 2.06. The van der Waals surface area contributed by atoms with Crippen LogP contribution in [0.25, 0.3) is 0 Å². The van der Waals surface area contributed by atoms with Gasteiger partial charge in [-0.3, -0.25) is 0 Å². The van der Waals surface area contributed by atoms with Gasteiger partial charge in [0.05, 0.1) is 11.7 Å². The number of thiazole rings is 1. The molecule has 0 spiro atoms. The van der Waals surface area contributed by atoms with Gasteiger partial charge < -0.3 is 5.32 Å². The number of rotatable bonds is 1. The fraction of sp³-hybridized carbons (Fsp3) is 0.700. The molecule has 2 heterocycles. The van der Waals surface area contributed by atoms with Crippen molar-refractivity contribution in [1.29, 1.82) is 0 Å². The summed E-state index contributed by atoms with van der Waals surface area (Å²) in [5, 5.41) is 4.86. The lowest BCUT2D eigenvalue weighted by Gasteiger charge is -2.04. The first-order chi connectivity index (χ1) is 6.43. The summed E-state index contributed by atoms with van der Waals surface area (Å²) in [6, 6.07) is 0.579. The van der Waals surface area contributed by atoms with Gasteiger partial charge in [-0.15, -0.1) is 11.3 Å². The van der Waals surface area contributed by atoms with E-state index in [1.54, 1.807) is 4.88 Å². The Morgan fingerprint density at radius 1 is 1.31 bits per heavy atom. The normalized spacial score (nSPS) is 26.6. The van der Waals surface area contributed by atoms with Crippen molar-refractivity contribution in [2.24, 2.45) is 0 Å². The van der Waals surface area contributed by atoms with Gasteiger partial charge in [0, 0.05) is 4.88 Å². The van der Waals surface area contributed by atoms with E-state index in [0.29, 0.717) is 6.04 Å². The highest BCUT2D eigenvalue weighted by Gasteiger charge is 2.23. The van der Waals surface area contributed by atoms with Crippen molar-refractivity contribution in [3.05, 3.63) is 15.6 Å². The van der Waals surface area contributed by atoms with Crippen LogP contribution in [0.1, 0.15) is 40.9 Å². The summed E-state index contributed by atoms with van der Waals surface area (Å²) in [5.41, 5.74) is 1.40. The van der Waals surface area contributed by atoms with Gasteiger partial charge in [-0.25, -0.2) is 4.98 Å². The second-order valence-electron chi connectivity index (χ2n) is 3.92. The highest BCUT2D eigenvalue weighted by atomic mass is 32.1. The average molecular weight is 194 g/mol. The molecular formula is C10H14N2S. The van der Waals surface area contributed by atoms with Crippen molar-refractivity contribution in [3.63, 3.8) is 0 Å². The molecule has 3 heteroatoms. The molecule has 2 aliphatic rings. The largest absolute Gasteiger partial charge is 0.308 e. The van der Waals surface area contributed by atoms with E-state index in [2.05, 4.69) is 5.32 Å². The van der Waals surface area contributed by atoms with E-state index in [1.165, 1.54) is 49.4 Å². The van der Waals surface area contributed by atoms with Gasteiger partial charge in [-0.2, -0.15) is 0 Å². The quantitative estimate of drug-likeness (QED) is 0.740. The average Bonchev–Trinajstić information content (AvgIpc) is 2.78. The molecule has 1 N–H and O–H groups in total. The molecule has 1 aromatic rings. The molecule has 70 valence electrons. The molecule has 0 unspecified atom stereocenters. The Labute approximate surface area is 82.4 Å². The zero-order valence-corrected chi connectivity index (χ0v) is 8.49. The molecule has 1 aromatic heterocycles. The molecule has 1 fully saturated rings. The van der Waals surface area contributed by atoms with Crippen LogP contribution in [0, 0.1) is 0 Å². The first-order valence-electron chi connectivity index (χ1n) is 5.15. The van der Waals surface area contributed by atoms with Crippen LogP contribution < -0.4 is 5.32 Å². The molecule has 0 aromatic carbocycles. The number of fused-ring (bicyclic) bond motifs is 1. The summed E-state index contributed by atoms with van der Waals surface area (Å²) in [4.78, 5) is 6.29. The molecule has 0 radical (unpaired) electrons. The fourth-order valence-corrected chi connectivity index (χ4v) is 3.52. The molecule has 0 bridgehead atoms. The Kier molecular flexibility index (Phi) is 1.87. The van der Waals surface area contributed by atoms with Crippen LogP contribution in [0.3, 0.4) is 0 Å². The van der Waals surface area contributed by atoms with E-state index in [-0.39, 0.29) is 0 Å². The summed E-state index contributed by atoms with van der Waals surface area (Å²) in [5.74, 6) is 0. The van der Waals surface area contributed by atoms with E-state index in [4.69, 9.17) is 4.98 Å². The Balaban J connectivity index is 1.88. The maximum atomic E-state index is 4.73. The van der Waals surface area contributed by atoms with Crippen molar-refractivity contribution < 1.29 is 0 Å². The van der Waals surface area contributed by atoms with Crippen LogP contribution in [0.15, 0.2) is 0 Å². The maximum Gasteiger partial charge on any atom is 0.110 e. The minimum Gasteiger partial charge on any atom is -0.308 e. The Morgan fingerprint density at radius 3 is 3.08 bits per heavy atom. The van der Waals surface area contributed by atoms with E-state index in [1.807, 2.05) is 11.3 Å². The smallest absolute Gasteiger partial charge is 0.110 e. The number of hydrogen-bond acceptors (Lipinski definition) is 3. The van der Waals surface area contributed by atoms with Crippen molar-refractivity contribution in [3.8, 4) is 0 Å². The third-order valence-corrected chi connectivity index (χ3v) is 4.24. The van der Waals surface area contributed by atoms with Gasteiger partial charge >= 0.3 is 0 Å². The van der Waals surface area contributed by atoms with Crippen molar-refractivity contribution >= 4 is 11.3 Å². The van der Waals surface area contributed by atoms with Gasteiger partial charge in [-0.1, -0.05) is 0 Å². The minimum absolute atomic E-state index is 0.579. The van der Waals surface area contributed by atoms with Gasteiger partial charge in [0.15, 0.2) is 0 Å². The second-order valence-corrected chi connectivity index (χ2v) is 5.04. The molecule has 0 amide bonds. The third kappa shape index (κ3) is 1.30. The summed E-state index contributed by atoms with van der Waals surface area (Å²) in [6.45, 7) is 1.18. The van der Waals surface area contributed by atoms with E-state index in [0.717, 1.165) is 0 Å². The Morgan fingerprint density at radius 2 is 2.31 bits per heavy atom. The molecule has 1 aliphatic carbocycles. The second kappa shape index (κ2) is 3.07. The summed E-state index contributed by atoms with van der Waals surface area (Å²) in [6.07, 6.45) is 6.42. The lowest BCUT2D eigenvalue weighted by Crippen LogP contribution is -2.12. The van der Waals surface area contributed by atoms with Crippen LogP contribution in [-0.2, 0) is 12.8 Å². The van der Waals surface area contributed by atoms with Gasteiger partial charge in [0.1, 0.15) is 5.01 Å². The lowest BCUT2D eigenvalue weighted by atomic mass is 10.2. The summed E-state index contributed by atoms with van der Waals surface area (Å²) in [7, 11) is 0. The highest BCUT2D eigenvalue weighted by molar-refractivity contribution is 7.11. The highest BCUT2D eigenvalue weighted by Crippen LogP contribution is 2.33. The summed E-state index contributed by atoms with van der Waals surface area (Å²) >= 11 is 1.95. The monoisotopic (exact) mass is 194 g/mol. The van der Waals surface area contributed by atoms with Crippen LogP contribution in [0.4, 0.5) is 0 Å². The predicted molar refractivity (Wildman–Crippen MR) is 54.1 cm³/mol. The topological polar surface area (TPSA) is 24.9 Å². The van der Waals surface area contributed by atoms with Gasteiger partial charge in [0.25, 0.3) is 0 Å². The van der Waals surface area contributed by atoms with Crippen molar-refractivity contribution in [2.75, 3.05) is 6.54 Å². The Bertz CT molecular complexity index is 291. The molecule has 1 saturated heterocycles. The van der Waals surface area contributed by atoms with Crippen LogP contribution >= 0.6 is 11.3 Å². The third-order valence-electron chi connectivity index (χ3n) is 2.97. The molecule has 1 aliphatic heterocycles. The lowest BCUT2D eigenvalue weighted by molar-refractivity contribution is 0.640. The number of hydrogen-bond donors (Lipinski definition) is 1. The zero-order chi connectivity index (χ0) is 8.67. The first kappa shape index (κ1) is 7.94. The number of nitrogens with one attached hydrogen (secondary N) is 1. The molecule has 1 atom stereocenters. The number of aromatic nitrogens is 1. The van der Waals surface area contributed by atoms with Crippen LogP contribution in [0.5, 0.6) is 0 Å². The van der Waals surface area contributed by atoms with E-state index < -0.39 is 0 Å². The van der Waals surface area contributed by atoms with E-state index in [9.17, 15) is 0 Å². The molecular weight excluding hydrogens is 180 g/mol. The standard InChI is InChI=1S/C10H14N2S/c1-3-7-9(5-1)13-10(12-7)8-4-2-6-11-8/h8,11H,1-6H2/t8-/m1/s1. The SMILES string of the molecule is C1Cc2nc([C@H]3CCCN3)sc2C1. The maximum absolute atomic E-state index is 4.73. The summed E-state index contributed by atoms with van der Waals surface area (Å²) < 4.78 is 0. The Hall–Kier alpha value is -0.410. The van der Waals surface area contributed by atoms with Crippen molar-refractivity contribution in [1.82, 2.24) is 10.3 Å². The molecule has 3 rings (SSSR count). The number of aryl methyl sites for hydroxylation is 2.